The second kappa shape index (κ2) is 9.76. The van der Waals surface area contributed by atoms with Crippen LogP contribution in [0.15, 0.2) is 94.8 Å². The fourth-order valence-electron chi connectivity index (χ4n) is 2.79. The van der Waals surface area contributed by atoms with E-state index >= 15 is 0 Å². The highest BCUT2D eigenvalue weighted by molar-refractivity contribution is 7.98. The Balaban J connectivity index is 1.34. The highest BCUT2D eigenvalue weighted by Crippen LogP contribution is 2.21. The van der Waals surface area contributed by atoms with Gasteiger partial charge in [0.25, 0.3) is 5.91 Å². The molecule has 2 N–H and O–H groups in total. The molecule has 30 heavy (non-hydrogen) atoms. The summed E-state index contributed by atoms with van der Waals surface area (Å²) in [5, 5.41) is 6.99. The number of rotatable bonds is 8. The summed E-state index contributed by atoms with van der Waals surface area (Å²) in [6.07, 6.45) is 4.95. The molecule has 150 valence electrons. The molecular formula is C23H20N4O2S. The average molecular weight is 417 g/mol. The zero-order valence-corrected chi connectivity index (χ0v) is 16.9. The number of benzene rings is 2. The highest BCUT2D eigenvalue weighted by Gasteiger charge is 2.09. The maximum absolute atomic E-state index is 12.1. The number of amides is 1. The molecule has 4 aromatic rings. The van der Waals surface area contributed by atoms with Gasteiger partial charge in [0.15, 0.2) is 5.76 Å². The van der Waals surface area contributed by atoms with E-state index in [9.17, 15) is 4.79 Å². The number of furan rings is 1. The first-order valence-electron chi connectivity index (χ1n) is 9.43. The second-order valence-electron chi connectivity index (χ2n) is 6.50. The van der Waals surface area contributed by atoms with Crippen molar-refractivity contribution in [3.63, 3.8) is 0 Å². The van der Waals surface area contributed by atoms with E-state index in [0.29, 0.717) is 18.1 Å². The summed E-state index contributed by atoms with van der Waals surface area (Å²) in [4.78, 5) is 21.0. The van der Waals surface area contributed by atoms with Gasteiger partial charge in [-0.2, -0.15) is 0 Å². The normalized spacial score (nSPS) is 10.5. The molecule has 2 heterocycles. The van der Waals surface area contributed by atoms with Crippen molar-refractivity contribution in [3.05, 3.63) is 102 Å². The molecule has 0 fully saturated rings. The fourth-order valence-corrected chi connectivity index (χ4v) is 3.59. The van der Waals surface area contributed by atoms with Crippen LogP contribution >= 0.6 is 11.8 Å². The summed E-state index contributed by atoms with van der Waals surface area (Å²) in [5.41, 5.74) is 2.96. The molecule has 7 heteroatoms. The van der Waals surface area contributed by atoms with Crippen LogP contribution in [-0.2, 0) is 12.3 Å². The number of hydrogen-bond donors (Lipinski definition) is 2. The molecule has 0 aliphatic heterocycles. The van der Waals surface area contributed by atoms with E-state index in [2.05, 4.69) is 32.7 Å². The summed E-state index contributed by atoms with van der Waals surface area (Å²) in [5.74, 6) is 1.55. The van der Waals surface area contributed by atoms with Crippen LogP contribution in [0.3, 0.4) is 0 Å². The summed E-state index contributed by atoms with van der Waals surface area (Å²) >= 11 is 1.65. The van der Waals surface area contributed by atoms with Gasteiger partial charge in [0, 0.05) is 18.0 Å². The van der Waals surface area contributed by atoms with Gasteiger partial charge in [-0.1, -0.05) is 42.5 Å². The molecule has 2 aromatic heterocycles. The summed E-state index contributed by atoms with van der Waals surface area (Å²) < 4.78 is 5.12. The lowest BCUT2D eigenvalue weighted by atomic mass is 10.2. The van der Waals surface area contributed by atoms with Crippen LogP contribution in [0.2, 0.25) is 0 Å². The molecule has 0 saturated carbocycles. The lowest BCUT2D eigenvalue weighted by Crippen LogP contribution is -2.11. The number of carbonyl (C=O) groups excluding carboxylic acids is 1. The molecule has 2 aromatic carbocycles. The maximum atomic E-state index is 12.1. The lowest BCUT2D eigenvalue weighted by molar-refractivity contribution is 0.0996. The molecule has 0 aliphatic carbocycles. The molecule has 0 atom stereocenters. The molecule has 6 nitrogen and oxygen atoms in total. The number of aromatic nitrogens is 2. The smallest absolute Gasteiger partial charge is 0.291 e. The van der Waals surface area contributed by atoms with Gasteiger partial charge in [-0.3, -0.25) is 9.78 Å². The number of nitrogens with one attached hydrogen (secondary N) is 2. The van der Waals surface area contributed by atoms with Gasteiger partial charge in [-0.15, -0.1) is 11.8 Å². The molecule has 0 saturated heterocycles. The number of carbonyl (C=O) groups is 1. The van der Waals surface area contributed by atoms with Gasteiger partial charge in [-0.05, 0) is 35.4 Å². The highest BCUT2D eigenvalue weighted by atomic mass is 32.2. The van der Waals surface area contributed by atoms with Crippen LogP contribution in [0.25, 0.3) is 0 Å². The topological polar surface area (TPSA) is 80.0 Å². The van der Waals surface area contributed by atoms with E-state index in [-0.39, 0.29) is 11.7 Å². The van der Waals surface area contributed by atoms with Gasteiger partial charge in [0.1, 0.15) is 10.8 Å². The minimum Gasteiger partial charge on any atom is -0.459 e. The Morgan fingerprint density at radius 1 is 0.967 bits per heavy atom. The van der Waals surface area contributed by atoms with Crippen molar-refractivity contribution >= 4 is 29.2 Å². The molecule has 0 aliphatic rings. The maximum Gasteiger partial charge on any atom is 0.291 e. The van der Waals surface area contributed by atoms with E-state index in [4.69, 9.17) is 4.42 Å². The largest absolute Gasteiger partial charge is 0.459 e. The quantitative estimate of drug-likeness (QED) is 0.383. The lowest BCUT2D eigenvalue weighted by Gasteiger charge is -2.09. The summed E-state index contributed by atoms with van der Waals surface area (Å²) in [6.45, 7) is 0.561. The number of anilines is 2. The van der Waals surface area contributed by atoms with Crippen molar-refractivity contribution < 1.29 is 9.21 Å². The number of thioether (sulfide) groups is 1. The Kier molecular flexibility index (Phi) is 6.41. The van der Waals surface area contributed by atoms with E-state index in [1.54, 1.807) is 36.3 Å². The molecule has 0 bridgehead atoms. The Labute approximate surface area is 178 Å². The monoisotopic (exact) mass is 416 g/mol. The minimum atomic E-state index is -0.279. The van der Waals surface area contributed by atoms with Crippen LogP contribution in [-0.4, -0.2) is 15.9 Å². The second-order valence-corrected chi connectivity index (χ2v) is 7.50. The first kappa shape index (κ1) is 19.7. The predicted molar refractivity (Wildman–Crippen MR) is 118 cm³/mol. The summed E-state index contributed by atoms with van der Waals surface area (Å²) in [7, 11) is 0. The predicted octanol–water partition coefficient (Wildman–Crippen LogP) is 5.23. The minimum absolute atomic E-state index is 0.277. The molecule has 1 amide bonds. The number of nitrogens with zero attached hydrogens (tertiary/aromatic N) is 2. The Morgan fingerprint density at radius 2 is 1.83 bits per heavy atom. The molecule has 0 radical (unpaired) electrons. The molecule has 0 spiro atoms. The zero-order chi connectivity index (χ0) is 20.6. The first-order valence-corrected chi connectivity index (χ1v) is 10.4. The third kappa shape index (κ3) is 5.48. The van der Waals surface area contributed by atoms with Crippen molar-refractivity contribution in [2.75, 3.05) is 10.6 Å². The van der Waals surface area contributed by atoms with Crippen LogP contribution in [0.5, 0.6) is 0 Å². The summed E-state index contributed by atoms with van der Waals surface area (Å²) in [6, 6.07) is 21.2. The van der Waals surface area contributed by atoms with Crippen molar-refractivity contribution in [2.24, 2.45) is 0 Å². The number of hydrogen-bond acceptors (Lipinski definition) is 6. The van der Waals surface area contributed by atoms with E-state index in [1.165, 1.54) is 11.8 Å². The molecule has 0 unspecified atom stereocenters. The zero-order valence-electron chi connectivity index (χ0n) is 16.1. The third-order valence-corrected chi connectivity index (χ3v) is 5.22. The van der Waals surface area contributed by atoms with Gasteiger partial charge < -0.3 is 15.1 Å². The first-order chi connectivity index (χ1) is 14.8. The fraction of sp³-hybridized carbons (Fsp3) is 0.0870. The van der Waals surface area contributed by atoms with Crippen molar-refractivity contribution in [2.45, 2.75) is 17.3 Å². The van der Waals surface area contributed by atoms with Gasteiger partial charge in [-0.25, -0.2) is 4.98 Å². The molecule has 4 rings (SSSR count). The molecular weight excluding hydrogens is 396 g/mol. The third-order valence-electron chi connectivity index (χ3n) is 4.25. The van der Waals surface area contributed by atoms with Crippen LogP contribution in [0.1, 0.15) is 21.7 Å². The van der Waals surface area contributed by atoms with E-state index < -0.39 is 0 Å². The van der Waals surface area contributed by atoms with Crippen LogP contribution in [0.4, 0.5) is 11.5 Å². The van der Waals surface area contributed by atoms with Crippen molar-refractivity contribution in [3.8, 4) is 0 Å². The van der Waals surface area contributed by atoms with Gasteiger partial charge in [0.2, 0.25) is 0 Å². The average Bonchev–Trinajstić information content (AvgIpc) is 3.33. The Bertz CT molecular complexity index is 1100. The Morgan fingerprint density at radius 3 is 2.67 bits per heavy atom. The van der Waals surface area contributed by atoms with Gasteiger partial charge >= 0.3 is 0 Å². The SMILES string of the molecule is O=C(Nc1cccc(CNc2cncc(SCc3ccccc3)n2)c1)c1ccco1. The van der Waals surface area contributed by atoms with Crippen LogP contribution < -0.4 is 10.6 Å². The van der Waals surface area contributed by atoms with Crippen LogP contribution in [0, 0.1) is 0 Å². The van der Waals surface area contributed by atoms with Gasteiger partial charge in [0.05, 0.1) is 18.7 Å². The van der Waals surface area contributed by atoms with E-state index in [1.807, 2.05) is 42.5 Å². The van der Waals surface area contributed by atoms with Crippen molar-refractivity contribution in [1.82, 2.24) is 9.97 Å². The van der Waals surface area contributed by atoms with E-state index in [0.717, 1.165) is 16.3 Å². The van der Waals surface area contributed by atoms with Crippen molar-refractivity contribution in [1.29, 1.82) is 0 Å². The standard InChI is InChI=1S/C23H20N4O2S/c28-23(20-10-5-11-29-20)26-19-9-4-8-18(12-19)13-25-21-14-24-15-22(27-21)30-16-17-6-2-1-3-7-17/h1-12,14-15H,13,16H2,(H,25,27)(H,26,28). The Hall–Kier alpha value is -3.58.